The standard InChI is InChI=1S/C22H22FN5O5S/c1-11-15(8-27-21-20(11)25-3-4-32-21)14-6-12-7-17(26-9-16(12)19(24)18(14)23)28-22(29)33-13-2-5-34(30,31)10-13/h6-9,13,25H,2-5,10,24H2,1H3,(H,26,28,29). The van der Waals surface area contributed by atoms with Crippen molar-refractivity contribution in [2.45, 2.75) is 19.4 Å². The van der Waals surface area contributed by atoms with Crippen molar-refractivity contribution >= 4 is 43.9 Å². The summed E-state index contributed by atoms with van der Waals surface area (Å²) >= 11 is 0. The Morgan fingerprint density at radius 2 is 2.12 bits per heavy atom. The first-order valence-corrected chi connectivity index (χ1v) is 12.5. The van der Waals surface area contributed by atoms with E-state index in [4.69, 9.17) is 15.2 Å². The number of fused-ring (bicyclic) bond motifs is 2. The zero-order chi connectivity index (χ0) is 24.0. The molecule has 1 saturated heterocycles. The van der Waals surface area contributed by atoms with E-state index >= 15 is 4.39 Å². The number of carbonyl (C=O) groups excluding carboxylic acids is 1. The lowest BCUT2D eigenvalue weighted by Crippen LogP contribution is -2.23. The first-order chi connectivity index (χ1) is 16.2. The van der Waals surface area contributed by atoms with Gasteiger partial charge in [-0.25, -0.2) is 27.6 Å². The van der Waals surface area contributed by atoms with E-state index in [1.165, 1.54) is 12.4 Å². The molecule has 1 unspecified atom stereocenters. The molecule has 1 amide bonds. The predicted molar refractivity (Wildman–Crippen MR) is 125 cm³/mol. The van der Waals surface area contributed by atoms with Crippen LogP contribution in [-0.2, 0) is 14.6 Å². The van der Waals surface area contributed by atoms with Gasteiger partial charge in [-0.05, 0) is 36.4 Å². The number of hydrogen-bond acceptors (Lipinski definition) is 9. The molecule has 1 fully saturated rings. The second-order valence-corrected chi connectivity index (χ2v) is 10.5. The van der Waals surface area contributed by atoms with Gasteiger partial charge in [0.25, 0.3) is 0 Å². The number of nitrogen functional groups attached to an aromatic ring is 1. The van der Waals surface area contributed by atoms with Gasteiger partial charge in [0.15, 0.2) is 15.7 Å². The molecule has 0 bridgehead atoms. The summed E-state index contributed by atoms with van der Waals surface area (Å²) in [5.41, 5.74) is 8.28. The number of amides is 1. The molecule has 1 aromatic carbocycles. The van der Waals surface area contributed by atoms with Crippen LogP contribution in [-0.4, -0.2) is 55.2 Å². The monoisotopic (exact) mass is 487 g/mol. The van der Waals surface area contributed by atoms with Crippen molar-refractivity contribution in [1.82, 2.24) is 9.97 Å². The quantitative estimate of drug-likeness (QED) is 0.475. The van der Waals surface area contributed by atoms with Crippen LogP contribution in [0.15, 0.2) is 24.5 Å². The Kier molecular flexibility index (Phi) is 5.39. The number of halogens is 1. The van der Waals surface area contributed by atoms with E-state index in [-0.39, 0.29) is 35.0 Å². The smallest absolute Gasteiger partial charge is 0.413 e. The minimum absolute atomic E-state index is 0.00853. The van der Waals surface area contributed by atoms with Gasteiger partial charge < -0.3 is 20.5 Å². The van der Waals surface area contributed by atoms with Crippen molar-refractivity contribution in [3.63, 3.8) is 0 Å². The average molecular weight is 488 g/mol. The summed E-state index contributed by atoms with van der Waals surface area (Å²) in [6.45, 7) is 2.96. The molecule has 0 aliphatic carbocycles. The van der Waals surface area contributed by atoms with E-state index in [9.17, 15) is 13.2 Å². The molecule has 2 aliphatic rings. The van der Waals surface area contributed by atoms with Crippen molar-refractivity contribution in [3.05, 3.63) is 35.9 Å². The molecule has 178 valence electrons. The van der Waals surface area contributed by atoms with Crippen LogP contribution in [0, 0.1) is 12.7 Å². The van der Waals surface area contributed by atoms with Crippen LogP contribution in [0.2, 0.25) is 0 Å². The summed E-state index contributed by atoms with van der Waals surface area (Å²) < 4.78 is 49.1. The van der Waals surface area contributed by atoms with Crippen molar-refractivity contribution in [2.24, 2.45) is 0 Å². The Hall–Kier alpha value is -3.67. The minimum Gasteiger partial charge on any atom is -0.474 e. The SMILES string of the molecule is Cc1c(-c2cc3cc(NC(=O)OC4CCS(=O)(=O)C4)ncc3c(N)c2F)cnc2c1NCCO2. The Morgan fingerprint density at radius 1 is 1.29 bits per heavy atom. The third kappa shape index (κ3) is 4.04. The van der Waals surface area contributed by atoms with E-state index in [1.807, 2.05) is 6.92 Å². The normalized spacial score (nSPS) is 18.6. The number of pyridine rings is 2. The summed E-state index contributed by atoms with van der Waals surface area (Å²) in [5, 5.41) is 6.65. The van der Waals surface area contributed by atoms with Gasteiger partial charge in [0.05, 0.1) is 17.2 Å². The van der Waals surface area contributed by atoms with Crippen molar-refractivity contribution in [3.8, 4) is 17.0 Å². The van der Waals surface area contributed by atoms with E-state index in [2.05, 4.69) is 20.6 Å². The van der Waals surface area contributed by atoms with Gasteiger partial charge in [-0.15, -0.1) is 0 Å². The number of hydrogen-bond donors (Lipinski definition) is 3. The highest BCUT2D eigenvalue weighted by Crippen LogP contribution is 2.39. The summed E-state index contributed by atoms with van der Waals surface area (Å²) in [7, 11) is -3.18. The Bertz CT molecular complexity index is 1430. The molecule has 1 atom stereocenters. The van der Waals surface area contributed by atoms with Crippen molar-refractivity contribution in [2.75, 3.05) is 41.0 Å². The highest BCUT2D eigenvalue weighted by molar-refractivity contribution is 7.91. The lowest BCUT2D eigenvalue weighted by Gasteiger charge is -2.22. The summed E-state index contributed by atoms with van der Waals surface area (Å²) in [6.07, 6.45) is 1.65. The van der Waals surface area contributed by atoms with Crippen LogP contribution < -0.4 is 21.1 Å². The molecule has 3 aromatic rings. The number of aromatic nitrogens is 2. The number of carbonyl (C=O) groups is 1. The van der Waals surface area contributed by atoms with Crippen LogP contribution in [0.25, 0.3) is 21.9 Å². The van der Waals surface area contributed by atoms with Gasteiger partial charge in [0, 0.05) is 35.5 Å². The lowest BCUT2D eigenvalue weighted by atomic mass is 9.97. The molecule has 2 aromatic heterocycles. The molecular weight excluding hydrogens is 465 g/mol. The third-order valence-electron chi connectivity index (χ3n) is 5.93. The van der Waals surface area contributed by atoms with Gasteiger partial charge in [-0.2, -0.15) is 0 Å². The number of anilines is 3. The van der Waals surface area contributed by atoms with E-state index in [1.54, 1.807) is 12.1 Å². The number of nitrogens with two attached hydrogens (primary N) is 1. The van der Waals surface area contributed by atoms with Crippen LogP contribution in [0.5, 0.6) is 5.88 Å². The topological polar surface area (TPSA) is 146 Å². The van der Waals surface area contributed by atoms with Gasteiger partial charge in [-0.1, -0.05) is 0 Å². The largest absolute Gasteiger partial charge is 0.474 e. The number of nitrogens with zero attached hydrogens (tertiary/aromatic N) is 2. The van der Waals surface area contributed by atoms with E-state index in [0.29, 0.717) is 41.1 Å². The van der Waals surface area contributed by atoms with Crippen molar-refractivity contribution in [1.29, 1.82) is 0 Å². The molecule has 2 aliphatic heterocycles. The highest BCUT2D eigenvalue weighted by atomic mass is 32.2. The van der Waals surface area contributed by atoms with Crippen LogP contribution in [0.4, 0.5) is 26.4 Å². The molecule has 0 spiro atoms. The molecule has 5 rings (SSSR count). The molecule has 12 heteroatoms. The number of rotatable bonds is 3. The van der Waals surface area contributed by atoms with Crippen LogP contribution >= 0.6 is 0 Å². The highest BCUT2D eigenvalue weighted by Gasteiger charge is 2.31. The zero-order valence-corrected chi connectivity index (χ0v) is 19.0. The maximum Gasteiger partial charge on any atom is 0.413 e. The van der Waals surface area contributed by atoms with E-state index in [0.717, 1.165) is 5.56 Å². The van der Waals surface area contributed by atoms with Gasteiger partial charge in [-0.3, -0.25) is 5.32 Å². The van der Waals surface area contributed by atoms with Crippen LogP contribution in [0.3, 0.4) is 0 Å². The number of ether oxygens (including phenoxy) is 2. The number of nitrogens with one attached hydrogen (secondary N) is 2. The minimum atomic E-state index is -3.18. The second-order valence-electron chi connectivity index (χ2n) is 8.25. The third-order valence-corrected chi connectivity index (χ3v) is 7.67. The fraction of sp³-hybridized carbons (Fsp3) is 0.318. The Labute approximate surface area is 194 Å². The zero-order valence-electron chi connectivity index (χ0n) is 18.2. The molecule has 0 radical (unpaired) electrons. The summed E-state index contributed by atoms with van der Waals surface area (Å²) in [5.74, 6) is -0.181. The number of benzene rings is 1. The first-order valence-electron chi connectivity index (χ1n) is 10.6. The molecular formula is C22H22FN5O5S. The maximum absolute atomic E-state index is 15.3. The predicted octanol–water partition coefficient (Wildman–Crippen LogP) is 2.87. The van der Waals surface area contributed by atoms with Gasteiger partial charge in [0.1, 0.15) is 24.2 Å². The van der Waals surface area contributed by atoms with E-state index < -0.39 is 27.9 Å². The van der Waals surface area contributed by atoms with Gasteiger partial charge in [0.2, 0.25) is 5.88 Å². The number of sulfone groups is 1. The summed E-state index contributed by atoms with van der Waals surface area (Å²) in [4.78, 5) is 20.6. The molecule has 4 heterocycles. The molecule has 0 saturated carbocycles. The maximum atomic E-state index is 15.3. The Balaban J connectivity index is 1.46. The Morgan fingerprint density at radius 3 is 2.88 bits per heavy atom. The average Bonchev–Trinajstić information content (AvgIpc) is 3.14. The lowest BCUT2D eigenvalue weighted by molar-refractivity contribution is 0.124. The van der Waals surface area contributed by atoms with Gasteiger partial charge >= 0.3 is 6.09 Å². The van der Waals surface area contributed by atoms with Crippen LogP contribution in [0.1, 0.15) is 12.0 Å². The second kappa shape index (κ2) is 8.28. The first kappa shape index (κ1) is 22.1. The summed E-state index contributed by atoms with van der Waals surface area (Å²) in [6, 6.07) is 3.16. The van der Waals surface area contributed by atoms with Crippen molar-refractivity contribution < 1.29 is 27.1 Å². The fourth-order valence-corrected chi connectivity index (χ4v) is 5.78. The molecule has 34 heavy (non-hydrogen) atoms. The fourth-order valence-electron chi connectivity index (χ4n) is 4.19. The molecule has 4 N–H and O–H groups in total. The molecule has 10 nitrogen and oxygen atoms in total.